The predicted octanol–water partition coefficient (Wildman–Crippen LogP) is 3.05. The standard InChI is InChI=1S/C17H19N3O2S/c1-12-10-20(11-13(2)22-12)17-15(18-19-23-17)8-9-16(21)14-6-4-3-5-7-14/h3-9,12-13H,10-11H2,1-2H3. The van der Waals surface area contributed by atoms with Crippen LogP contribution in [0.3, 0.4) is 0 Å². The molecule has 2 unspecified atom stereocenters. The number of hydrogen-bond acceptors (Lipinski definition) is 6. The number of allylic oxidation sites excluding steroid dienone is 1. The van der Waals surface area contributed by atoms with E-state index in [1.54, 1.807) is 24.3 Å². The summed E-state index contributed by atoms with van der Waals surface area (Å²) in [5, 5.41) is 5.14. The van der Waals surface area contributed by atoms with Gasteiger partial charge in [-0.15, -0.1) is 5.10 Å². The van der Waals surface area contributed by atoms with E-state index in [1.165, 1.54) is 11.5 Å². The lowest BCUT2D eigenvalue weighted by Gasteiger charge is -2.35. The lowest BCUT2D eigenvalue weighted by atomic mass is 10.1. The van der Waals surface area contributed by atoms with Crippen LogP contribution in [0.1, 0.15) is 29.9 Å². The van der Waals surface area contributed by atoms with Gasteiger partial charge in [0.15, 0.2) is 5.78 Å². The molecule has 1 fully saturated rings. The van der Waals surface area contributed by atoms with Gasteiger partial charge in [-0.25, -0.2) is 0 Å². The number of rotatable bonds is 4. The summed E-state index contributed by atoms with van der Waals surface area (Å²) >= 11 is 1.35. The molecule has 1 aromatic heterocycles. The molecule has 23 heavy (non-hydrogen) atoms. The first-order valence-electron chi connectivity index (χ1n) is 7.63. The highest BCUT2D eigenvalue weighted by atomic mass is 32.1. The van der Waals surface area contributed by atoms with Crippen molar-refractivity contribution < 1.29 is 9.53 Å². The maximum absolute atomic E-state index is 12.2. The smallest absolute Gasteiger partial charge is 0.185 e. The first kappa shape index (κ1) is 15.8. The first-order chi connectivity index (χ1) is 11.1. The van der Waals surface area contributed by atoms with Crippen molar-refractivity contribution in [2.75, 3.05) is 18.0 Å². The van der Waals surface area contributed by atoms with Crippen LogP contribution in [0.25, 0.3) is 6.08 Å². The van der Waals surface area contributed by atoms with E-state index in [4.69, 9.17) is 4.74 Å². The largest absolute Gasteiger partial charge is 0.372 e. The number of benzene rings is 1. The molecule has 1 saturated heterocycles. The summed E-state index contributed by atoms with van der Waals surface area (Å²) in [6, 6.07) is 9.21. The molecular weight excluding hydrogens is 310 g/mol. The number of ether oxygens (including phenoxy) is 1. The number of ketones is 1. The third-order valence-corrected chi connectivity index (χ3v) is 4.46. The number of hydrogen-bond donors (Lipinski definition) is 0. The third-order valence-electron chi connectivity index (χ3n) is 3.65. The van der Waals surface area contributed by atoms with Crippen molar-refractivity contribution in [3.63, 3.8) is 0 Å². The van der Waals surface area contributed by atoms with Crippen molar-refractivity contribution in [2.45, 2.75) is 26.1 Å². The molecule has 0 aliphatic carbocycles. The molecule has 2 heterocycles. The molecular formula is C17H19N3O2S. The fourth-order valence-corrected chi connectivity index (χ4v) is 3.39. The maximum atomic E-state index is 12.2. The van der Waals surface area contributed by atoms with Crippen LogP contribution in [0.5, 0.6) is 0 Å². The van der Waals surface area contributed by atoms with Gasteiger partial charge in [0, 0.05) is 30.2 Å². The van der Waals surface area contributed by atoms with Crippen LogP contribution in [0.2, 0.25) is 0 Å². The van der Waals surface area contributed by atoms with E-state index in [-0.39, 0.29) is 18.0 Å². The summed E-state index contributed by atoms with van der Waals surface area (Å²) in [7, 11) is 0. The number of anilines is 1. The molecule has 0 radical (unpaired) electrons. The molecule has 1 aliphatic heterocycles. The summed E-state index contributed by atoms with van der Waals surface area (Å²) in [4.78, 5) is 14.4. The lowest BCUT2D eigenvalue weighted by molar-refractivity contribution is -0.00502. The van der Waals surface area contributed by atoms with Crippen LogP contribution in [0.15, 0.2) is 36.4 Å². The second kappa shape index (κ2) is 7.02. The van der Waals surface area contributed by atoms with Crippen LogP contribution in [-0.2, 0) is 4.74 Å². The van der Waals surface area contributed by atoms with Crippen molar-refractivity contribution in [3.05, 3.63) is 47.7 Å². The molecule has 2 atom stereocenters. The van der Waals surface area contributed by atoms with E-state index in [2.05, 4.69) is 28.3 Å². The minimum absolute atomic E-state index is 0.0340. The van der Waals surface area contributed by atoms with Gasteiger partial charge in [-0.3, -0.25) is 4.79 Å². The number of carbonyl (C=O) groups is 1. The van der Waals surface area contributed by atoms with Gasteiger partial charge in [0.05, 0.1) is 12.2 Å². The van der Waals surface area contributed by atoms with E-state index < -0.39 is 0 Å². The van der Waals surface area contributed by atoms with Crippen LogP contribution < -0.4 is 4.90 Å². The van der Waals surface area contributed by atoms with Crippen LogP contribution in [0.4, 0.5) is 5.00 Å². The minimum atomic E-state index is -0.0340. The molecule has 0 spiro atoms. The van der Waals surface area contributed by atoms with E-state index in [1.807, 2.05) is 18.2 Å². The van der Waals surface area contributed by atoms with E-state index in [9.17, 15) is 4.79 Å². The van der Waals surface area contributed by atoms with Crippen molar-refractivity contribution >= 4 is 28.4 Å². The molecule has 1 aliphatic rings. The van der Waals surface area contributed by atoms with Crippen molar-refractivity contribution in [3.8, 4) is 0 Å². The van der Waals surface area contributed by atoms with Crippen LogP contribution in [-0.4, -0.2) is 40.7 Å². The van der Waals surface area contributed by atoms with Crippen molar-refractivity contribution in [1.82, 2.24) is 9.59 Å². The van der Waals surface area contributed by atoms with Crippen molar-refractivity contribution in [2.24, 2.45) is 0 Å². The van der Waals surface area contributed by atoms with Crippen LogP contribution >= 0.6 is 11.5 Å². The van der Waals surface area contributed by atoms with Gasteiger partial charge >= 0.3 is 0 Å². The molecule has 5 nitrogen and oxygen atoms in total. The van der Waals surface area contributed by atoms with E-state index in [0.29, 0.717) is 5.56 Å². The molecule has 120 valence electrons. The second-order valence-electron chi connectivity index (χ2n) is 5.69. The van der Waals surface area contributed by atoms with Gasteiger partial charge < -0.3 is 9.64 Å². The van der Waals surface area contributed by atoms with Gasteiger partial charge in [-0.05, 0) is 26.0 Å². The zero-order valence-corrected chi connectivity index (χ0v) is 14.0. The molecule has 0 N–H and O–H groups in total. The number of aromatic nitrogens is 2. The Morgan fingerprint density at radius 3 is 2.65 bits per heavy atom. The van der Waals surface area contributed by atoms with E-state index in [0.717, 1.165) is 23.8 Å². The van der Waals surface area contributed by atoms with Gasteiger partial charge in [0.1, 0.15) is 10.7 Å². The van der Waals surface area contributed by atoms with Crippen LogP contribution in [0, 0.1) is 0 Å². The number of morpholine rings is 1. The van der Waals surface area contributed by atoms with Gasteiger partial charge in [0.25, 0.3) is 0 Å². The highest BCUT2D eigenvalue weighted by molar-refractivity contribution is 7.10. The Morgan fingerprint density at radius 2 is 1.96 bits per heavy atom. The molecule has 1 aromatic carbocycles. The summed E-state index contributed by atoms with van der Waals surface area (Å²) < 4.78 is 9.81. The lowest BCUT2D eigenvalue weighted by Crippen LogP contribution is -2.45. The molecule has 0 saturated carbocycles. The van der Waals surface area contributed by atoms with Gasteiger partial charge in [-0.1, -0.05) is 34.8 Å². The third kappa shape index (κ3) is 3.83. The normalized spacial score (nSPS) is 21.7. The Balaban J connectivity index is 1.76. The molecule has 2 aromatic rings. The molecule has 0 bridgehead atoms. The highest BCUT2D eigenvalue weighted by Crippen LogP contribution is 2.27. The average molecular weight is 329 g/mol. The average Bonchev–Trinajstić information content (AvgIpc) is 3.01. The Morgan fingerprint density at radius 1 is 1.26 bits per heavy atom. The second-order valence-corrected chi connectivity index (χ2v) is 6.42. The molecule has 3 rings (SSSR count). The zero-order chi connectivity index (χ0) is 16.2. The van der Waals surface area contributed by atoms with Crippen molar-refractivity contribution in [1.29, 1.82) is 0 Å². The monoisotopic (exact) mass is 329 g/mol. The summed E-state index contributed by atoms with van der Waals surface area (Å²) in [5.41, 5.74) is 1.41. The molecule has 0 amide bonds. The summed E-state index contributed by atoms with van der Waals surface area (Å²) in [5.74, 6) is -0.0340. The Bertz CT molecular complexity index is 689. The minimum Gasteiger partial charge on any atom is -0.372 e. The Kier molecular flexibility index (Phi) is 4.83. The topological polar surface area (TPSA) is 55.3 Å². The number of nitrogens with zero attached hydrogens (tertiary/aromatic N) is 3. The summed E-state index contributed by atoms with van der Waals surface area (Å²) in [6.07, 6.45) is 3.65. The quantitative estimate of drug-likeness (QED) is 0.637. The Labute approximate surface area is 139 Å². The fourth-order valence-electron chi connectivity index (χ4n) is 2.71. The SMILES string of the molecule is CC1CN(c2snnc2C=CC(=O)c2ccccc2)CC(C)O1. The predicted molar refractivity (Wildman–Crippen MR) is 91.9 cm³/mol. The Hall–Kier alpha value is -2.05. The summed E-state index contributed by atoms with van der Waals surface area (Å²) in [6.45, 7) is 5.74. The number of carbonyl (C=O) groups excluding carboxylic acids is 1. The fraction of sp³-hybridized carbons (Fsp3) is 0.353. The molecule has 6 heteroatoms. The zero-order valence-electron chi connectivity index (χ0n) is 13.2. The van der Waals surface area contributed by atoms with Gasteiger partial charge in [-0.2, -0.15) is 0 Å². The maximum Gasteiger partial charge on any atom is 0.185 e. The van der Waals surface area contributed by atoms with Gasteiger partial charge in [0.2, 0.25) is 0 Å². The highest BCUT2D eigenvalue weighted by Gasteiger charge is 2.25. The van der Waals surface area contributed by atoms with E-state index >= 15 is 0 Å². The first-order valence-corrected chi connectivity index (χ1v) is 8.41.